The molecule has 0 radical (unpaired) electrons. The van der Waals surface area contributed by atoms with Crippen molar-refractivity contribution in [3.8, 4) is 5.75 Å². The first-order valence-electron chi connectivity index (χ1n) is 7.01. The highest BCUT2D eigenvalue weighted by Gasteiger charge is 2.14. The molecule has 21 heavy (non-hydrogen) atoms. The molecule has 114 valence electrons. The van der Waals surface area contributed by atoms with Crippen molar-refractivity contribution in [3.63, 3.8) is 0 Å². The molecule has 0 aliphatic rings. The van der Waals surface area contributed by atoms with Crippen molar-refractivity contribution in [2.24, 2.45) is 7.05 Å². The first-order valence-corrected chi connectivity index (χ1v) is 7.80. The van der Waals surface area contributed by atoms with Crippen molar-refractivity contribution in [1.82, 2.24) is 20.1 Å². The molecule has 2 heterocycles. The highest BCUT2D eigenvalue weighted by Crippen LogP contribution is 2.24. The highest BCUT2D eigenvalue weighted by atomic mass is 79.9. The summed E-state index contributed by atoms with van der Waals surface area (Å²) in [7, 11) is 3.84. The molecular weight excluding hydrogens is 332 g/mol. The summed E-state index contributed by atoms with van der Waals surface area (Å²) in [5, 5.41) is 7.59. The number of hydrogen-bond acceptors (Lipinski definition) is 4. The van der Waals surface area contributed by atoms with Gasteiger partial charge in [0, 0.05) is 19.3 Å². The summed E-state index contributed by atoms with van der Waals surface area (Å²) < 4.78 is 8.85. The van der Waals surface area contributed by atoms with Gasteiger partial charge in [-0.05, 0) is 48.5 Å². The monoisotopic (exact) mass is 352 g/mol. The fraction of sp³-hybridized carbons (Fsp3) is 0.467. The Labute approximate surface area is 133 Å². The summed E-state index contributed by atoms with van der Waals surface area (Å²) in [4.78, 5) is 4.52. The quantitative estimate of drug-likeness (QED) is 0.868. The lowest BCUT2D eigenvalue weighted by Crippen LogP contribution is -2.11. The second kappa shape index (κ2) is 7.04. The van der Waals surface area contributed by atoms with Crippen LogP contribution in [-0.2, 0) is 26.6 Å². The fourth-order valence-corrected chi connectivity index (χ4v) is 2.88. The molecule has 0 saturated carbocycles. The molecule has 0 unspecified atom stereocenters. The third kappa shape index (κ3) is 3.63. The van der Waals surface area contributed by atoms with E-state index in [2.05, 4.69) is 38.3 Å². The maximum Gasteiger partial charge on any atom is 0.142 e. The first-order chi connectivity index (χ1) is 10.1. The van der Waals surface area contributed by atoms with Gasteiger partial charge in [-0.15, -0.1) is 0 Å². The van der Waals surface area contributed by atoms with E-state index in [1.54, 1.807) is 0 Å². The molecule has 2 rings (SSSR count). The number of hydrogen-bond donors (Lipinski definition) is 1. The minimum atomic E-state index is 0.464. The van der Waals surface area contributed by atoms with Crippen molar-refractivity contribution < 1.29 is 4.74 Å². The zero-order chi connectivity index (χ0) is 15.4. The SMILES string of the molecule is CCc1nn(C)c(COc2ccc(C)nc2CNC)c1Br. The molecule has 1 N–H and O–H groups in total. The largest absolute Gasteiger partial charge is 0.485 e. The van der Waals surface area contributed by atoms with E-state index in [-0.39, 0.29) is 0 Å². The Bertz CT molecular complexity index is 624. The molecule has 0 amide bonds. The molecular formula is C15H21BrN4O. The van der Waals surface area contributed by atoms with Crippen molar-refractivity contribution in [1.29, 1.82) is 0 Å². The maximum absolute atomic E-state index is 5.96. The van der Waals surface area contributed by atoms with Crippen molar-refractivity contribution in [3.05, 3.63) is 39.4 Å². The van der Waals surface area contributed by atoms with Crippen LogP contribution in [0.1, 0.15) is 29.7 Å². The molecule has 0 aliphatic carbocycles. The van der Waals surface area contributed by atoms with E-state index in [0.29, 0.717) is 13.2 Å². The van der Waals surface area contributed by atoms with Gasteiger partial charge in [-0.3, -0.25) is 9.67 Å². The van der Waals surface area contributed by atoms with Crippen LogP contribution < -0.4 is 10.1 Å². The molecule has 6 heteroatoms. The lowest BCUT2D eigenvalue weighted by molar-refractivity contribution is 0.288. The van der Waals surface area contributed by atoms with Crippen LogP contribution in [0.15, 0.2) is 16.6 Å². The third-order valence-corrected chi connectivity index (χ3v) is 4.20. The van der Waals surface area contributed by atoms with Crippen molar-refractivity contribution in [2.45, 2.75) is 33.4 Å². The summed E-state index contributed by atoms with van der Waals surface area (Å²) in [5.74, 6) is 0.807. The second-order valence-corrected chi connectivity index (χ2v) is 5.69. The second-order valence-electron chi connectivity index (χ2n) is 4.90. The molecule has 0 saturated heterocycles. The van der Waals surface area contributed by atoms with Crippen LogP contribution in [0.4, 0.5) is 0 Å². The molecule has 0 fully saturated rings. The summed E-state index contributed by atoms with van der Waals surface area (Å²) in [6, 6.07) is 3.93. The number of nitrogens with zero attached hydrogens (tertiary/aromatic N) is 3. The average Bonchev–Trinajstić information content (AvgIpc) is 2.73. The highest BCUT2D eigenvalue weighted by molar-refractivity contribution is 9.10. The molecule has 0 aliphatic heterocycles. The van der Waals surface area contributed by atoms with Gasteiger partial charge in [0.05, 0.1) is 21.6 Å². The van der Waals surface area contributed by atoms with Crippen LogP contribution in [0.5, 0.6) is 5.75 Å². The predicted octanol–water partition coefficient (Wildman–Crippen LogP) is 2.75. The van der Waals surface area contributed by atoms with Crippen LogP contribution in [-0.4, -0.2) is 21.8 Å². The Kier molecular flexibility index (Phi) is 5.36. The van der Waals surface area contributed by atoms with Crippen LogP contribution >= 0.6 is 15.9 Å². The van der Waals surface area contributed by atoms with Gasteiger partial charge in [0.1, 0.15) is 12.4 Å². The summed E-state index contributed by atoms with van der Waals surface area (Å²) >= 11 is 3.61. The standard InChI is InChI=1S/C15H21BrN4O/c1-5-11-15(16)13(20(4)19-11)9-21-14-7-6-10(2)18-12(14)8-17-3/h6-7,17H,5,8-9H2,1-4H3. The molecule has 5 nitrogen and oxygen atoms in total. The van der Waals surface area contributed by atoms with Gasteiger partial charge in [0.25, 0.3) is 0 Å². The zero-order valence-electron chi connectivity index (χ0n) is 12.9. The Morgan fingerprint density at radius 1 is 1.33 bits per heavy atom. The molecule has 2 aromatic heterocycles. The maximum atomic E-state index is 5.96. The van der Waals surface area contributed by atoms with E-state index >= 15 is 0 Å². The molecule has 0 bridgehead atoms. The van der Waals surface area contributed by atoms with Crippen molar-refractivity contribution >= 4 is 15.9 Å². The number of halogens is 1. The van der Waals surface area contributed by atoms with Crippen LogP contribution in [0.2, 0.25) is 0 Å². The summed E-state index contributed by atoms with van der Waals surface area (Å²) in [6.07, 6.45) is 0.894. The number of nitrogens with one attached hydrogen (secondary N) is 1. The van der Waals surface area contributed by atoms with Crippen LogP contribution in [0, 0.1) is 6.92 Å². The van der Waals surface area contributed by atoms with E-state index < -0.39 is 0 Å². The number of aromatic nitrogens is 3. The van der Waals surface area contributed by atoms with E-state index in [1.165, 1.54) is 0 Å². The Morgan fingerprint density at radius 3 is 2.71 bits per heavy atom. The molecule has 0 atom stereocenters. The Balaban J connectivity index is 2.18. The summed E-state index contributed by atoms with van der Waals surface area (Å²) in [6.45, 7) is 5.22. The van der Waals surface area contributed by atoms with E-state index in [1.807, 2.05) is 37.8 Å². The molecule has 0 spiro atoms. The molecule has 2 aromatic rings. The van der Waals surface area contributed by atoms with Gasteiger partial charge >= 0.3 is 0 Å². The van der Waals surface area contributed by atoms with Crippen molar-refractivity contribution in [2.75, 3.05) is 7.05 Å². The lowest BCUT2D eigenvalue weighted by atomic mass is 10.2. The van der Waals surface area contributed by atoms with Crippen LogP contribution in [0.25, 0.3) is 0 Å². The fourth-order valence-electron chi connectivity index (χ4n) is 2.15. The zero-order valence-corrected chi connectivity index (χ0v) is 14.5. The van der Waals surface area contributed by atoms with E-state index in [4.69, 9.17) is 4.74 Å². The van der Waals surface area contributed by atoms with E-state index in [0.717, 1.165) is 39.4 Å². The minimum Gasteiger partial charge on any atom is -0.485 e. The summed E-state index contributed by atoms with van der Waals surface area (Å²) in [5.41, 5.74) is 3.99. The van der Waals surface area contributed by atoms with Gasteiger partial charge in [-0.25, -0.2) is 0 Å². The number of ether oxygens (including phenoxy) is 1. The van der Waals surface area contributed by atoms with Gasteiger partial charge in [0.15, 0.2) is 0 Å². The number of aryl methyl sites for hydroxylation is 3. The molecule has 0 aromatic carbocycles. The Morgan fingerprint density at radius 2 is 2.10 bits per heavy atom. The number of rotatable bonds is 6. The van der Waals surface area contributed by atoms with Gasteiger partial charge < -0.3 is 10.1 Å². The topological polar surface area (TPSA) is 52.0 Å². The Hall–Kier alpha value is -1.40. The van der Waals surface area contributed by atoms with Gasteiger partial charge in [0.2, 0.25) is 0 Å². The normalized spacial score (nSPS) is 10.9. The smallest absolute Gasteiger partial charge is 0.142 e. The minimum absolute atomic E-state index is 0.464. The predicted molar refractivity (Wildman–Crippen MR) is 86.4 cm³/mol. The van der Waals surface area contributed by atoms with Gasteiger partial charge in [-0.1, -0.05) is 6.92 Å². The number of pyridine rings is 1. The lowest BCUT2D eigenvalue weighted by Gasteiger charge is -2.11. The first kappa shape index (κ1) is 16.0. The third-order valence-electron chi connectivity index (χ3n) is 3.28. The average molecular weight is 353 g/mol. The van der Waals surface area contributed by atoms with Crippen LogP contribution in [0.3, 0.4) is 0 Å². The van der Waals surface area contributed by atoms with E-state index in [9.17, 15) is 0 Å². The van der Waals surface area contributed by atoms with Gasteiger partial charge in [-0.2, -0.15) is 5.10 Å².